The fraction of sp³-hybridized carbons (Fsp3) is 0.550. The minimum absolute atomic E-state index is 0.0189. The van der Waals surface area contributed by atoms with E-state index >= 15 is 0 Å². The number of nitrogens with zero attached hydrogens (tertiary/aromatic N) is 3. The molecule has 4 rings (SSSR count). The number of hydrogen-bond acceptors (Lipinski definition) is 6. The zero-order valence-corrected chi connectivity index (χ0v) is 17.3. The zero-order valence-electron chi connectivity index (χ0n) is 16.5. The van der Waals surface area contributed by atoms with E-state index in [0.717, 1.165) is 28.0 Å². The summed E-state index contributed by atoms with van der Waals surface area (Å²) in [6.45, 7) is 5.31. The van der Waals surface area contributed by atoms with Gasteiger partial charge in [0.05, 0.1) is 11.8 Å². The number of hydrogen-bond donors (Lipinski definition) is 1. The van der Waals surface area contributed by atoms with E-state index in [9.17, 15) is 4.79 Å². The Labute approximate surface area is 169 Å². The molecule has 0 spiro atoms. The van der Waals surface area contributed by atoms with E-state index in [4.69, 9.17) is 9.47 Å². The molecule has 2 aliphatic rings. The smallest absolute Gasteiger partial charge is 0.230 e. The molecule has 1 atom stereocenters. The lowest BCUT2D eigenvalue weighted by molar-refractivity contribution is -0.119. The second-order valence-electron chi connectivity index (χ2n) is 7.66. The number of rotatable bonds is 7. The summed E-state index contributed by atoms with van der Waals surface area (Å²) >= 11 is 1.43. The highest BCUT2D eigenvalue weighted by atomic mass is 32.2. The molecular formula is C20H26N4O3S. The fourth-order valence-electron chi connectivity index (χ4n) is 3.38. The van der Waals surface area contributed by atoms with Gasteiger partial charge in [0.15, 0.2) is 16.7 Å². The minimum Gasteiger partial charge on any atom is -0.486 e. The number of thioether (sulfide) groups is 1. The highest BCUT2D eigenvalue weighted by molar-refractivity contribution is 7.99. The van der Waals surface area contributed by atoms with Crippen molar-refractivity contribution < 1.29 is 14.3 Å². The van der Waals surface area contributed by atoms with Crippen molar-refractivity contribution >= 4 is 17.7 Å². The zero-order chi connectivity index (χ0) is 19.7. The molecule has 7 nitrogen and oxygen atoms in total. The summed E-state index contributed by atoms with van der Waals surface area (Å²) in [5, 5.41) is 12.5. The lowest BCUT2D eigenvalue weighted by Gasteiger charge is -2.25. The summed E-state index contributed by atoms with van der Waals surface area (Å²) in [5.74, 6) is 3.60. The van der Waals surface area contributed by atoms with Gasteiger partial charge in [-0.1, -0.05) is 31.7 Å². The lowest BCUT2D eigenvalue weighted by Crippen LogP contribution is -2.33. The average molecular weight is 403 g/mol. The van der Waals surface area contributed by atoms with E-state index in [2.05, 4.69) is 29.4 Å². The number of nitrogens with one attached hydrogen (secondary N) is 1. The molecular weight excluding hydrogens is 376 g/mol. The predicted octanol–water partition coefficient (Wildman–Crippen LogP) is 3.07. The molecule has 28 heavy (non-hydrogen) atoms. The van der Waals surface area contributed by atoms with Crippen LogP contribution in [0.1, 0.15) is 50.0 Å². The van der Waals surface area contributed by atoms with E-state index < -0.39 is 0 Å². The van der Waals surface area contributed by atoms with Crippen molar-refractivity contribution in [1.82, 2.24) is 20.1 Å². The van der Waals surface area contributed by atoms with Crippen LogP contribution in [0.4, 0.5) is 0 Å². The highest BCUT2D eigenvalue weighted by Gasteiger charge is 2.29. The van der Waals surface area contributed by atoms with Crippen molar-refractivity contribution in [3.05, 3.63) is 29.6 Å². The highest BCUT2D eigenvalue weighted by Crippen LogP contribution is 2.39. The normalized spacial score (nSPS) is 16.9. The van der Waals surface area contributed by atoms with Gasteiger partial charge in [-0.2, -0.15) is 0 Å². The van der Waals surface area contributed by atoms with Gasteiger partial charge in [0.1, 0.15) is 19.0 Å². The van der Waals surface area contributed by atoms with Crippen molar-refractivity contribution in [2.75, 3.05) is 19.0 Å². The third-order valence-electron chi connectivity index (χ3n) is 5.05. The molecule has 0 saturated heterocycles. The molecule has 8 heteroatoms. The Morgan fingerprint density at radius 1 is 1.25 bits per heavy atom. The van der Waals surface area contributed by atoms with E-state index in [1.165, 1.54) is 24.6 Å². The maximum Gasteiger partial charge on any atom is 0.230 e. The fourth-order valence-corrected chi connectivity index (χ4v) is 4.11. The van der Waals surface area contributed by atoms with Crippen LogP contribution in [-0.2, 0) is 11.8 Å². The molecule has 2 aromatic rings. The first kappa shape index (κ1) is 19.1. The number of aromatic nitrogens is 3. The number of amides is 1. The van der Waals surface area contributed by atoms with Crippen molar-refractivity contribution in [2.24, 2.45) is 13.0 Å². The third-order valence-corrected chi connectivity index (χ3v) is 6.07. The van der Waals surface area contributed by atoms with Crippen molar-refractivity contribution in [3.8, 4) is 11.5 Å². The van der Waals surface area contributed by atoms with E-state index in [0.29, 0.717) is 24.9 Å². The van der Waals surface area contributed by atoms with E-state index in [1.807, 2.05) is 29.8 Å². The predicted molar refractivity (Wildman–Crippen MR) is 107 cm³/mol. The summed E-state index contributed by atoms with van der Waals surface area (Å²) in [6.07, 6.45) is 2.37. The summed E-state index contributed by atoms with van der Waals surface area (Å²) in [4.78, 5) is 12.6. The van der Waals surface area contributed by atoms with Gasteiger partial charge in [-0.15, -0.1) is 10.2 Å². The van der Waals surface area contributed by atoms with Crippen LogP contribution in [0.2, 0.25) is 0 Å². The molecule has 0 unspecified atom stereocenters. The number of fused-ring (bicyclic) bond motifs is 1. The first-order chi connectivity index (χ1) is 13.5. The Bertz CT molecular complexity index is 863. The van der Waals surface area contributed by atoms with Crippen LogP contribution >= 0.6 is 11.8 Å². The average Bonchev–Trinajstić information content (AvgIpc) is 3.47. The van der Waals surface area contributed by atoms with Crippen molar-refractivity contribution in [1.29, 1.82) is 0 Å². The van der Waals surface area contributed by atoms with Crippen molar-refractivity contribution in [2.45, 2.75) is 43.8 Å². The van der Waals surface area contributed by atoms with Crippen LogP contribution in [-0.4, -0.2) is 39.6 Å². The first-order valence-corrected chi connectivity index (χ1v) is 10.7. The Morgan fingerprint density at radius 2 is 2.00 bits per heavy atom. The SMILES string of the molecule is CC(C)[C@H](NC(=O)CSc1nnc(C2CC2)n1C)c1ccc2c(c1)OCCO2. The molecule has 150 valence electrons. The van der Waals surface area contributed by atoms with Gasteiger partial charge in [-0.25, -0.2) is 0 Å². The second-order valence-corrected chi connectivity index (χ2v) is 8.60. The lowest BCUT2D eigenvalue weighted by atomic mass is 9.95. The van der Waals surface area contributed by atoms with Gasteiger partial charge in [-0.05, 0) is 36.5 Å². The molecule has 1 N–H and O–H groups in total. The van der Waals surface area contributed by atoms with Crippen LogP contribution in [0.3, 0.4) is 0 Å². The minimum atomic E-state index is -0.0922. The molecule has 0 bridgehead atoms. The van der Waals surface area contributed by atoms with Gasteiger partial charge >= 0.3 is 0 Å². The van der Waals surface area contributed by atoms with Crippen LogP contribution in [0.25, 0.3) is 0 Å². The Balaban J connectivity index is 1.39. The summed E-state index contributed by atoms with van der Waals surface area (Å²) in [5.41, 5.74) is 1.02. The largest absolute Gasteiger partial charge is 0.486 e. The van der Waals surface area contributed by atoms with Gasteiger partial charge in [0, 0.05) is 13.0 Å². The van der Waals surface area contributed by atoms with Gasteiger partial charge in [-0.3, -0.25) is 4.79 Å². The monoisotopic (exact) mass is 402 g/mol. The molecule has 1 aliphatic carbocycles. The maximum absolute atomic E-state index is 12.6. The standard InChI is InChI=1S/C20H26N4O3S/c1-12(2)18(14-6-7-15-16(10-14)27-9-8-26-15)21-17(25)11-28-20-23-22-19(24(20)3)13-4-5-13/h6-7,10,12-13,18H,4-5,8-9,11H2,1-3H3,(H,21,25)/t18-/m0/s1. The topological polar surface area (TPSA) is 78.3 Å². The molecule has 1 aromatic heterocycles. The summed E-state index contributed by atoms with van der Waals surface area (Å²) in [6, 6.07) is 5.79. The van der Waals surface area contributed by atoms with Gasteiger partial charge < -0.3 is 19.4 Å². The summed E-state index contributed by atoms with van der Waals surface area (Å²) in [7, 11) is 1.97. The van der Waals surface area contributed by atoms with Crippen molar-refractivity contribution in [3.63, 3.8) is 0 Å². The number of carbonyl (C=O) groups excluding carboxylic acids is 1. The summed E-state index contributed by atoms with van der Waals surface area (Å²) < 4.78 is 13.3. The van der Waals surface area contributed by atoms with Crippen LogP contribution in [0, 0.1) is 5.92 Å². The number of benzene rings is 1. The van der Waals surface area contributed by atoms with Crippen LogP contribution in [0.5, 0.6) is 11.5 Å². The first-order valence-electron chi connectivity index (χ1n) is 9.74. The van der Waals surface area contributed by atoms with Crippen LogP contribution in [0.15, 0.2) is 23.4 Å². The number of carbonyl (C=O) groups is 1. The Kier molecular flexibility index (Phi) is 5.48. The Morgan fingerprint density at radius 3 is 2.71 bits per heavy atom. The molecule has 1 amide bonds. The Hall–Kier alpha value is -2.22. The molecule has 0 radical (unpaired) electrons. The molecule has 1 aromatic carbocycles. The van der Waals surface area contributed by atoms with Gasteiger partial charge in [0.25, 0.3) is 0 Å². The molecule has 1 saturated carbocycles. The third kappa shape index (κ3) is 4.11. The maximum atomic E-state index is 12.6. The number of ether oxygens (including phenoxy) is 2. The van der Waals surface area contributed by atoms with Gasteiger partial charge in [0.2, 0.25) is 5.91 Å². The molecule has 2 heterocycles. The van der Waals surface area contributed by atoms with E-state index in [1.54, 1.807) is 0 Å². The quantitative estimate of drug-likeness (QED) is 0.717. The molecule has 1 aliphatic heterocycles. The second kappa shape index (κ2) is 8.03. The van der Waals surface area contributed by atoms with E-state index in [-0.39, 0.29) is 17.9 Å². The van der Waals surface area contributed by atoms with Crippen LogP contribution < -0.4 is 14.8 Å². The molecule has 1 fully saturated rings.